The lowest BCUT2D eigenvalue weighted by atomic mass is 10.1. The molecular weight excluding hydrogens is 220 g/mol. The van der Waals surface area contributed by atoms with Gasteiger partial charge in [-0.1, -0.05) is 19.9 Å². The zero-order chi connectivity index (χ0) is 12.8. The van der Waals surface area contributed by atoms with E-state index in [0.717, 1.165) is 18.5 Å². The number of nitrogens with zero attached hydrogens (tertiary/aromatic N) is 1. The van der Waals surface area contributed by atoms with E-state index in [-0.39, 0.29) is 5.69 Å². The second-order valence-corrected chi connectivity index (χ2v) is 4.12. The van der Waals surface area contributed by atoms with Gasteiger partial charge >= 0.3 is 5.69 Å². The molecule has 1 aromatic carbocycles. The van der Waals surface area contributed by atoms with Crippen LogP contribution >= 0.6 is 0 Å². The highest BCUT2D eigenvalue weighted by Gasteiger charge is 2.14. The van der Waals surface area contributed by atoms with E-state index < -0.39 is 4.92 Å². The van der Waals surface area contributed by atoms with E-state index in [4.69, 9.17) is 4.74 Å². The zero-order valence-corrected chi connectivity index (χ0v) is 10.4. The molecule has 0 bridgehead atoms. The van der Waals surface area contributed by atoms with Gasteiger partial charge in [0.05, 0.1) is 12.0 Å². The van der Waals surface area contributed by atoms with Gasteiger partial charge in [-0.05, 0) is 24.6 Å². The van der Waals surface area contributed by atoms with E-state index >= 15 is 0 Å². The molecule has 0 spiro atoms. The monoisotopic (exact) mass is 238 g/mol. The minimum absolute atomic E-state index is 0.0227. The van der Waals surface area contributed by atoms with E-state index in [2.05, 4.69) is 19.2 Å². The number of nitro benzene ring substituents is 1. The van der Waals surface area contributed by atoms with Crippen molar-refractivity contribution in [2.45, 2.75) is 26.3 Å². The first-order valence-corrected chi connectivity index (χ1v) is 5.59. The molecule has 0 atom stereocenters. The van der Waals surface area contributed by atoms with Gasteiger partial charge in [0.15, 0.2) is 5.75 Å². The van der Waals surface area contributed by atoms with Gasteiger partial charge in [0, 0.05) is 12.1 Å². The first kappa shape index (κ1) is 13.4. The van der Waals surface area contributed by atoms with E-state index in [1.807, 2.05) is 6.07 Å². The van der Waals surface area contributed by atoms with E-state index in [1.165, 1.54) is 7.11 Å². The molecule has 0 heterocycles. The number of ether oxygens (including phenoxy) is 1. The Morgan fingerprint density at radius 2 is 2.18 bits per heavy atom. The molecule has 0 aliphatic rings. The van der Waals surface area contributed by atoms with Crippen LogP contribution in [0.5, 0.6) is 5.75 Å². The van der Waals surface area contributed by atoms with Crippen molar-refractivity contribution >= 4 is 5.69 Å². The highest BCUT2D eigenvalue weighted by Crippen LogP contribution is 2.27. The summed E-state index contributed by atoms with van der Waals surface area (Å²) in [6.45, 7) is 4.94. The highest BCUT2D eigenvalue weighted by molar-refractivity contribution is 5.48. The molecule has 0 saturated carbocycles. The third-order valence-corrected chi connectivity index (χ3v) is 2.41. The Bertz CT molecular complexity index is 391. The van der Waals surface area contributed by atoms with Crippen LogP contribution in [0.3, 0.4) is 0 Å². The topological polar surface area (TPSA) is 64.4 Å². The molecule has 1 rings (SSSR count). The molecule has 0 amide bonds. The zero-order valence-electron chi connectivity index (χ0n) is 10.4. The lowest BCUT2D eigenvalue weighted by molar-refractivity contribution is -0.385. The molecule has 17 heavy (non-hydrogen) atoms. The Kier molecular flexibility index (Phi) is 4.90. The minimum Gasteiger partial charge on any atom is -0.490 e. The van der Waals surface area contributed by atoms with Crippen molar-refractivity contribution < 1.29 is 9.66 Å². The summed E-state index contributed by atoms with van der Waals surface area (Å²) < 4.78 is 4.95. The summed E-state index contributed by atoms with van der Waals surface area (Å²) in [6, 6.07) is 5.49. The van der Waals surface area contributed by atoms with Crippen LogP contribution in [0.25, 0.3) is 0 Å². The van der Waals surface area contributed by atoms with Crippen LogP contribution in [0.4, 0.5) is 5.69 Å². The lowest BCUT2D eigenvalue weighted by Gasteiger charge is -2.08. The predicted molar refractivity (Wildman–Crippen MR) is 66.5 cm³/mol. The average molecular weight is 238 g/mol. The Labute approximate surface area is 101 Å². The molecule has 0 saturated heterocycles. The second-order valence-electron chi connectivity index (χ2n) is 4.12. The summed E-state index contributed by atoms with van der Waals surface area (Å²) in [5.74, 6) is 0.301. The van der Waals surface area contributed by atoms with Gasteiger partial charge in [0.1, 0.15) is 0 Å². The number of hydrogen-bond donors (Lipinski definition) is 1. The lowest BCUT2D eigenvalue weighted by Crippen LogP contribution is -2.24. The fourth-order valence-corrected chi connectivity index (χ4v) is 1.54. The van der Waals surface area contributed by atoms with Crippen molar-refractivity contribution in [3.63, 3.8) is 0 Å². The Morgan fingerprint density at radius 1 is 1.47 bits per heavy atom. The summed E-state index contributed by atoms with van der Waals surface area (Å²) >= 11 is 0. The van der Waals surface area contributed by atoms with Crippen molar-refractivity contribution in [2.24, 2.45) is 0 Å². The second kappa shape index (κ2) is 6.20. The number of methoxy groups -OCH3 is 1. The maximum absolute atomic E-state index is 10.8. The molecule has 0 aliphatic heterocycles. The summed E-state index contributed by atoms with van der Waals surface area (Å²) in [7, 11) is 1.43. The fraction of sp³-hybridized carbons (Fsp3) is 0.500. The minimum atomic E-state index is -0.418. The normalized spacial score (nSPS) is 10.6. The van der Waals surface area contributed by atoms with Gasteiger partial charge in [0.2, 0.25) is 0 Å². The molecule has 1 aromatic rings. The van der Waals surface area contributed by atoms with Crippen LogP contribution in [0, 0.1) is 10.1 Å². The van der Waals surface area contributed by atoms with Crippen molar-refractivity contribution in [3.8, 4) is 5.75 Å². The molecule has 0 aliphatic carbocycles. The number of benzene rings is 1. The smallest absolute Gasteiger partial charge is 0.311 e. The summed E-state index contributed by atoms with van der Waals surface area (Å²) in [5.41, 5.74) is 0.959. The van der Waals surface area contributed by atoms with Gasteiger partial charge in [-0.2, -0.15) is 0 Å². The predicted octanol–water partition coefficient (Wildman–Crippen LogP) is 2.14. The van der Waals surface area contributed by atoms with Crippen molar-refractivity contribution in [2.75, 3.05) is 13.7 Å². The Hall–Kier alpha value is -1.62. The van der Waals surface area contributed by atoms with Gasteiger partial charge < -0.3 is 10.1 Å². The molecule has 5 heteroatoms. The third kappa shape index (κ3) is 4.03. The van der Waals surface area contributed by atoms with Gasteiger partial charge in [-0.15, -0.1) is 0 Å². The number of nitro groups is 1. The van der Waals surface area contributed by atoms with Gasteiger partial charge in [-0.25, -0.2) is 0 Å². The first-order valence-electron chi connectivity index (χ1n) is 5.59. The fourth-order valence-electron chi connectivity index (χ4n) is 1.54. The van der Waals surface area contributed by atoms with Crippen LogP contribution in [0.15, 0.2) is 18.2 Å². The van der Waals surface area contributed by atoms with E-state index in [9.17, 15) is 10.1 Å². The Balaban J connectivity index is 2.74. The van der Waals surface area contributed by atoms with E-state index in [1.54, 1.807) is 12.1 Å². The first-order chi connectivity index (χ1) is 8.04. The average Bonchev–Trinajstić information content (AvgIpc) is 2.28. The molecule has 0 aromatic heterocycles. The number of rotatable bonds is 6. The summed E-state index contributed by atoms with van der Waals surface area (Å²) in [5, 5.41) is 14.1. The molecule has 5 nitrogen and oxygen atoms in total. The summed E-state index contributed by atoms with van der Waals surface area (Å²) in [6.07, 6.45) is 0.767. The molecule has 1 N–H and O–H groups in total. The molecule has 0 fully saturated rings. The molecule has 0 unspecified atom stereocenters. The highest BCUT2D eigenvalue weighted by atomic mass is 16.6. The van der Waals surface area contributed by atoms with Crippen LogP contribution in [-0.2, 0) is 6.42 Å². The number of hydrogen-bond acceptors (Lipinski definition) is 4. The van der Waals surface area contributed by atoms with Crippen molar-refractivity contribution in [3.05, 3.63) is 33.9 Å². The van der Waals surface area contributed by atoms with E-state index in [0.29, 0.717) is 11.8 Å². The standard InChI is InChI=1S/C12H18N2O3/c1-9(2)13-7-6-10-4-5-12(17-3)11(8-10)14(15)16/h4-5,8-9,13H,6-7H2,1-3H3. The third-order valence-electron chi connectivity index (χ3n) is 2.41. The summed E-state index contributed by atoms with van der Waals surface area (Å²) in [4.78, 5) is 10.4. The number of nitrogens with one attached hydrogen (secondary N) is 1. The molecule has 0 radical (unpaired) electrons. The van der Waals surface area contributed by atoms with Gasteiger partial charge in [-0.3, -0.25) is 10.1 Å². The van der Waals surface area contributed by atoms with Crippen LogP contribution < -0.4 is 10.1 Å². The van der Waals surface area contributed by atoms with Crippen LogP contribution in [-0.4, -0.2) is 24.6 Å². The quantitative estimate of drug-likeness (QED) is 0.609. The maximum Gasteiger partial charge on any atom is 0.311 e. The van der Waals surface area contributed by atoms with Crippen molar-refractivity contribution in [1.82, 2.24) is 5.32 Å². The molecular formula is C12H18N2O3. The van der Waals surface area contributed by atoms with Crippen LogP contribution in [0.1, 0.15) is 19.4 Å². The van der Waals surface area contributed by atoms with Crippen LogP contribution in [0.2, 0.25) is 0 Å². The van der Waals surface area contributed by atoms with Gasteiger partial charge in [0.25, 0.3) is 0 Å². The SMILES string of the molecule is COc1ccc(CCNC(C)C)cc1[N+](=O)[O-]. The largest absolute Gasteiger partial charge is 0.490 e. The maximum atomic E-state index is 10.8. The Morgan fingerprint density at radius 3 is 2.71 bits per heavy atom. The molecule has 94 valence electrons. The van der Waals surface area contributed by atoms with Crippen molar-refractivity contribution in [1.29, 1.82) is 0 Å².